The molecule has 0 aliphatic carbocycles. The van der Waals surface area contributed by atoms with Crippen molar-refractivity contribution in [3.63, 3.8) is 0 Å². The molecule has 0 saturated carbocycles. The van der Waals surface area contributed by atoms with E-state index in [1.165, 1.54) is 7.11 Å². The van der Waals surface area contributed by atoms with Crippen LogP contribution in [-0.2, 0) is 14.3 Å². The van der Waals surface area contributed by atoms with Crippen LogP contribution < -0.4 is 0 Å². The highest BCUT2D eigenvalue weighted by Gasteiger charge is 2.33. The summed E-state index contributed by atoms with van der Waals surface area (Å²) in [5.74, 6) is -0.750. The fourth-order valence-corrected chi connectivity index (χ4v) is 2.01. The number of aliphatic hydroxyl groups is 1. The predicted octanol–water partition coefficient (Wildman–Crippen LogP) is 0.267. The van der Waals surface area contributed by atoms with E-state index in [9.17, 15) is 9.90 Å². The third kappa shape index (κ3) is 4.61. The number of carbonyl (C=O) groups excluding carboxylic acids is 1. The van der Waals surface area contributed by atoms with E-state index in [1.54, 1.807) is 0 Å². The van der Waals surface area contributed by atoms with Crippen LogP contribution in [0.1, 0.15) is 20.3 Å². The molecule has 1 saturated heterocycles. The van der Waals surface area contributed by atoms with Crippen LogP contribution in [0.4, 0.5) is 0 Å². The molecule has 1 aliphatic rings. The Morgan fingerprint density at radius 1 is 1.53 bits per heavy atom. The average Bonchev–Trinajstić information content (AvgIpc) is 2.30. The summed E-state index contributed by atoms with van der Waals surface area (Å²) in [6, 6.07) is 0. The van der Waals surface area contributed by atoms with Gasteiger partial charge < -0.3 is 14.6 Å². The number of aliphatic hydroxyl groups excluding tert-OH is 1. The Hall–Kier alpha value is -0.650. The van der Waals surface area contributed by atoms with E-state index in [0.717, 1.165) is 13.1 Å². The minimum atomic E-state index is -0.579. The monoisotopic (exact) mass is 245 g/mol. The highest BCUT2D eigenvalue weighted by atomic mass is 16.5. The topological polar surface area (TPSA) is 59.0 Å². The van der Waals surface area contributed by atoms with Crippen LogP contribution in [0.5, 0.6) is 0 Å². The zero-order chi connectivity index (χ0) is 12.8. The molecule has 0 amide bonds. The van der Waals surface area contributed by atoms with Crippen molar-refractivity contribution in [3.8, 4) is 0 Å². The number of likely N-dealkylation sites (tertiary alicyclic amines) is 1. The molecule has 1 fully saturated rings. The first-order valence-electron chi connectivity index (χ1n) is 6.14. The molecule has 0 aromatic rings. The number of piperidine rings is 1. The van der Waals surface area contributed by atoms with Gasteiger partial charge >= 0.3 is 5.97 Å². The number of ether oxygens (including phenoxy) is 2. The van der Waals surface area contributed by atoms with Gasteiger partial charge in [0.05, 0.1) is 31.8 Å². The van der Waals surface area contributed by atoms with Crippen LogP contribution >= 0.6 is 0 Å². The van der Waals surface area contributed by atoms with Crippen LogP contribution in [-0.4, -0.2) is 61.5 Å². The molecule has 0 radical (unpaired) electrons. The van der Waals surface area contributed by atoms with Crippen LogP contribution in [0, 0.1) is 5.92 Å². The van der Waals surface area contributed by atoms with Crippen molar-refractivity contribution in [2.45, 2.75) is 32.5 Å². The molecule has 1 rings (SSSR count). The molecule has 0 bridgehead atoms. The second kappa shape index (κ2) is 6.93. The van der Waals surface area contributed by atoms with Crippen molar-refractivity contribution in [2.75, 3.05) is 33.4 Å². The molecular formula is C12H23NO4. The van der Waals surface area contributed by atoms with Gasteiger partial charge in [-0.25, -0.2) is 0 Å². The third-order valence-corrected chi connectivity index (χ3v) is 3.02. The Morgan fingerprint density at radius 3 is 2.82 bits per heavy atom. The van der Waals surface area contributed by atoms with E-state index < -0.39 is 12.0 Å². The number of nitrogens with zero attached hydrogens (tertiary/aromatic N) is 1. The molecule has 1 heterocycles. The van der Waals surface area contributed by atoms with Gasteiger partial charge in [0.2, 0.25) is 0 Å². The highest BCUT2D eigenvalue weighted by Crippen LogP contribution is 2.18. The molecule has 1 N–H and O–H groups in total. The van der Waals surface area contributed by atoms with E-state index in [2.05, 4.69) is 4.90 Å². The quantitative estimate of drug-likeness (QED) is 0.704. The van der Waals surface area contributed by atoms with Crippen LogP contribution in [0.15, 0.2) is 0 Å². The lowest BCUT2D eigenvalue weighted by Crippen LogP contribution is -2.47. The number of methoxy groups -OCH3 is 1. The molecule has 5 heteroatoms. The van der Waals surface area contributed by atoms with Gasteiger partial charge in [-0.1, -0.05) is 0 Å². The smallest absolute Gasteiger partial charge is 0.312 e. The summed E-state index contributed by atoms with van der Waals surface area (Å²) in [6.45, 7) is 6.79. The number of esters is 1. The minimum absolute atomic E-state index is 0.224. The van der Waals surface area contributed by atoms with Crippen LogP contribution in [0.25, 0.3) is 0 Å². The highest BCUT2D eigenvalue weighted by molar-refractivity contribution is 5.73. The first-order chi connectivity index (χ1) is 8.04. The molecule has 0 aromatic carbocycles. The first-order valence-corrected chi connectivity index (χ1v) is 6.14. The van der Waals surface area contributed by atoms with Gasteiger partial charge in [0.1, 0.15) is 0 Å². The van der Waals surface area contributed by atoms with Gasteiger partial charge in [0.15, 0.2) is 0 Å². The first kappa shape index (κ1) is 14.4. The molecule has 0 spiro atoms. The minimum Gasteiger partial charge on any atom is -0.469 e. The number of hydrogen-bond donors (Lipinski definition) is 1. The fraction of sp³-hybridized carbons (Fsp3) is 0.917. The maximum Gasteiger partial charge on any atom is 0.312 e. The summed E-state index contributed by atoms with van der Waals surface area (Å²) in [4.78, 5) is 13.6. The predicted molar refractivity (Wildman–Crippen MR) is 63.7 cm³/mol. The Labute approximate surface area is 103 Å². The summed E-state index contributed by atoms with van der Waals surface area (Å²) < 4.78 is 10.2. The van der Waals surface area contributed by atoms with Crippen molar-refractivity contribution in [3.05, 3.63) is 0 Å². The second-order valence-electron chi connectivity index (χ2n) is 4.71. The van der Waals surface area contributed by atoms with Crippen molar-refractivity contribution >= 4 is 5.97 Å². The van der Waals surface area contributed by atoms with E-state index in [0.29, 0.717) is 19.6 Å². The van der Waals surface area contributed by atoms with Crippen molar-refractivity contribution in [2.24, 2.45) is 5.92 Å². The average molecular weight is 245 g/mol. The van der Waals surface area contributed by atoms with Gasteiger partial charge in [-0.05, 0) is 20.3 Å². The lowest BCUT2D eigenvalue weighted by molar-refractivity contribution is -0.152. The lowest BCUT2D eigenvalue weighted by Gasteiger charge is -2.34. The van der Waals surface area contributed by atoms with Crippen molar-refractivity contribution in [1.82, 2.24) is 4.90 Å². The zero-order valence-electron chi connectivity index (χ0n) is 10.9. The summed E-state index contributed by atoms with van der Waals surface area (Å²) in [6.07, 6.45) is 0.257. The summed E-state index contributed by atoms with van der Waals surface area (Å²) in [5.41, 5.74) is 0. The largest absolute Gasteiger partial charge is 0.469 e. The molecule has 2 atom stereocenters. The van der Waals surface area contributed by atoms with Gasteiger partial charge in [0.25, 0.3) is 0 Å². The summed E-state index contributed by atoms with van der Waals surface area (Å²) in [7, 11) is 1.36. The summed E-state index contributed by atoms with van der Waals surface area (Å²) in [5, 5.41) is 9.74. The van der Waals surface area contributed by atoms with Crippen LogP contribution in [0.2, 0.25) is 0 Å². The molecule has 5 nitrogen and oxygen atoms in total. The molecule has 0 aromatic heterocycles. The molecule has 17 heavy (non-hydrogen) atoms. The SMILES string of the molecule is COC(=O)C1CN(CCOC(C)C)CCC1O. The molecule has 100 valence electrons. The Bertz CT molecular complexity index is 245. The molecule has 1 aliphatic heterocycles. The standard InChI is InChI=1S/C12H23NO4/c1-9(2)17-7-6-13-5-4-11(14)10(8-13)12(15)16-3/h9-11,14H,4-8H2,1-3H3. The van der Waals surface area contributed by atoms with Crippen molar-refractivity contribution < 1.29 is 19.4 Å². The van der Waals surface area contributed by atoms with Crippen LogP contribution in [0.3, 0.4) is 0 Å². The Morgan fingerprint density at radius 2 is 2.24 bits per heavy atom. The van der Waals surface area contributed by atoms with E-state index >= 15 is 0 Å². The normalized spacial score (nSPS) is 26.2. The number of hydrogen-bond acceptors (Lipinski definition) is 5. The fourth-order valence-electron chi connectivity index (χ4n) is 2.01. The van der Waals surface area contributed by atoms with Gasteiger partial charge in [-0.15, -0.1) is 0 Å². The number of rotatable bonds is 5. The van der Waals surface area contributed by atoms with E-state index in [4.69, 9.17) is 9.47 Å². The van der Waals surface area contributed by atoms with Crippen molar-refractivity contribution in [1.29, 1.82) is 0 Å². The summed E-state index contributed by atoms with van der Waals surface area (Å²) >= 11 is 0. The van der Waals surface area contributed by atoms with E-state index in [1.807, 2.05) is 13.8 Å². The Balaban J connectivity index is 2.36. The van der Waals surface area contributed by atoms with Gasteiger partial charge in [-0.3, -0.25) is 9.69 Å². The van der Waals surface area contributed by atoms with Gasteiger partial charge in [0, 0.05) is 19.6 Å². The zero-order valence-corrected chi connectivity index (χ0v) is 10.9. The maximum absolute atomic E-state index is 11.5. The Kier molecular flexibility index (Phi) is 5.88. The molecule has 2 unspecified atom stereocenters. The molecular weight excluding hydrogens is 222 g/mol. The van der Waals surface area contributed by atoms with E-state index in [-0.39, 0.29) is 12.1 Å². The second-order valence-corrected chi connectivity index (χ2v) is 4.71. The maximum atomic E-state index is 11.5. The number of carbonyl (C=O) groups is 1. The third-order valence-electron chi connectivity index (χ3n) is 3.02. The lowest BCUT2D eigenvalue weighted by atomic mass is 9.95. The van der Waals surface area contributed by atoms with Gasteiger partial charge in [-0.2, -0.15) is 0 Å².